The van der Waals surface area contributed by atoms with Gasteiger partial charge in [-0.05, 0) is 48.9 Å². The average Bonchev–Trinajstić information content (AvgIpc) is 3.00. The molecule has 0 N–H and O–H groups in total. The van der Waals surface area contributed by atoms with Gasteiger partial charge in [-0.3, -0.25) is 14.4 Å². The van der Waals surface area contributed by atoms with Crippen LogP contribution in [0.25, 0.3) is 0 Å². The van der Waals surface area contributed by atoms with Crippen LogP contribution in [0.1, 0.15) is 50.8 Å². The zero-order valence-electron chi connectivity index (χ0n) is 16.7. The van der Waals surface area contributed by atoms with Gasteiger partial charge in [0.1, 0.15) is 5.82 Å². The molecular formula is C22H21FN2O5. The van der Waals surface area contributed by atoms with Gasteiger partial charge in [0, 0.05) is 13.6 Å². The van der Waals surface area contributed by atoms with E-state index in [1.165, 1.54) is 35.2 Å². The zero-order chi connectivity index (χ0) is 21.8. The molecule has 1 aliphatic heterocycles. The number of nitrogens with zero attached hydrogens (tertiary/aromatic N) is 2. The molecule has 156 valence electrons. The van der Waals surface area contributed by atoms with Crippen LogP contribution in [0.4, 0.5) is 10.1 Å². The van der Waals surface area contributed by atoms with Crippen molar-refractivity contribution in [2.24, 2.45) is 0 Å². The molecule has 1 heterocycles. The van der Waals surface area contributed by atoms with Gasteiger partial charge < -0.3 is 9.64 Å². The van der Waals surface area contributed by atoms with Gasteiger partial charge in [-0.15, -0.1) is 0 Å². The molecule has 2 aromatic rings. The van der Waals surface area contributed by atoms with Gasteiger partial charge in [0.15, 0.2) is 6.61 Å². The fraction of sp³-hybridized carbons (Fsp3) is 0.273. The van der Waals surface area contributed by atoms with Crippen molar-refractivity contribution < 1.29 is 28.3 Å². The van der Waals surface area contributed by atoms with Gasteiger partial charge in [-0.25, -0.2) is 14.1 Å². The molecule has 3 amide bonds. The lowest BCUT2D eigenvalue weighted by atomic mass is 10.1. The fourth-order valence-corrected chi connectivity index (χ4v) is 3.03. The van der Waals surface area contributed by atoms with Gasteiger partial charge in [0.2, 0.25) is 0 Å². The number of ether oxygens (including phenoxy) is 1. The van der Waals surface area contributed by atoms with Crippen LogP contribution in [0.2, 0.25) is 0 Å². The van der Waals surface area contributed by atoms with E-state index < -0.39 is 30.2 Å². The molecule has 0 saturated heterocycles. The van der Waals surface area contributed by atoms with E-state index in [0.29, 0.717) is 6.54 Å². The lowest BCUT2D eigenvalue weighted by molar-refractivity contribution is -0.133. The fourth-order valence-electron chi connectivity index (χ4n) is 3.03. The third-order valence-corrected chi connectivity index (χ3v) is 4.81. The van der Waals surface area contributed by atoms with Gasteiger partial charge in [-0.2, -0.15) is 0 Å². The largest absolute Gasteiger partial charge is 0.452 e. The number of amides is 3. The minimum Gasteiger partial charge on any atom is -0.452 e. The Hall–Kier alpha value is -3.55. The van der Waals surface area contributed by atoms with Crippen molar-refractivity contribution in [1.82, 2.24) is 4.90 Å². The first-order chi connectivity index (χ1) is 14.3. The topological polar surface area (TPSA) is 84.0 Å². The molecule has 1 aliphatic rings. The molecular weight excluding hydrogens is 391 g/mol. The van der Waals surface area contributed by atoms with Crippen LogP contribution in [0, 0.1) is 5.82 Å². The molecule has 8 heteroatoms. The van der Waals surface area contributed by atoms with Crippen LogP contribution < -0.4 is 4.90 Å². The standard InChI is InChI=1S/C22H21FN2O5/c1-3-4-11-24(2)19(26)13-30-22(29)14-5-10-17-18(12-14)21(28)25(20(17)27)16-8-6-15(23)7-9-16/h5-10,12H,3-4,11,13H2,1-2H3. The van der Waals surface area contributed by atoms with E-state index in [4.69, 9.17) is 4.74 Å². The highest BCUT2D eigenvalue weighted by Gasteiger charge is 2.37. The molecule has 0 bridgehead atoms. The van der Waals surface area contributed by atoms with Crippen molar-refractivity contribution in [2.75, 3.05) is 25.1 Å². The number of carbonyl (C=O) groups is 4. The number of likely N-dealkylation sites (N-methyl/N-ethyl adjacent to an activating group) is 1. The number of carbonyl (C=O) groups excluding carboxylic acids is 4. The Balaban J connectivity index is 1.72. The second-order valence-corrected chi connectivity index (χ2v) is 6.93. The van der Waals surface area contributed by atoms with Crippen molar-refractivity contribution in [1.29, 1.82) is 0 Å². The summed E-state index contributed by atoms with van der Waals surface area (Å²) in [5.41, 5.74) is 0.466. The summed E-state index contributed by atoms with van der Waals surface area (Å²) < 4.78 is 18.2. The zero-order valence-corrected chi connectivity index (χ0v) is 16.7. The van der Waals surface area contributed by atoms with Gasteiger partial charge >= 0.3 is 5.97 Å². The van der Waals surface area contributed by atoms with Crippen molar-refractivity contribution in [2.45, 2.75) is 19.8 Å². The Morgan fingerprint density at radius 1 is 1.03 bits per heavy atom. The Morgan fingerprint density at radius 2 is 1.70 bits per heavy atom. The first-order valence-corrected chi connectivity index (χ1v) is 9.53. The highest BCUT2D eigenvalue weighted by atomic mass is 19.1. The molecule has 7 nitrogen and oxygen atoms in total. The molecule has 30 heavy (non-hydrogen) atoms. The van der Waals surface area contributed by atoms with E-state index in [9.17, 15) is 23.6 Å². The van der Waals surface area contributed by atoms with Gasteiger partial charge in [0.25, 0.3) is 17.7 Å². The summed E-state index contributed by atoms with van der Waals surface area (Å²) in [5.74, 6) is -2.77. The summed E-state index contributed by atoms with van der Waals surface area (Å²) in [6, 6.07) is 8.95. The summed E-state index contributed by atoms with van der Waals surface area (Å²) in [4.78, 5) is 52.1. The Labute approximate surface area is 173 Å². The number of rotatable bonds is 7. The van der Waals surface area contributed by atoms with Crippen LogP contribution in [-0.2, 0) is 9.53 Å². The second-order valence-electron chi connectivity index (χ2n) is 6.93. The molecule has 0 aliphatic carbocycles. The molecule has 3 rings (SSSR count). The van der Waals surface area contributed by atoms with Crippen LogP contribution >= 0.6 is 0 Å². The molecule has 0 atom stereocenters. The van der Waals surface area contributed by atoms with Crippen molar-refractivity contribution in [3.05, 3.63) is 65.0 Å². The SMILES string of the molecule is CCCCN(C)C(=O)COC(=O)c1ccc2c(c1)C(=O)N(c1ccc(F)cc1)C2=O. The van der Waals surface area contributed by atoms with E-state index in [1.807, 2.05) is 6.92 Å². The van der Waals surface area contributed by atoms with Crippen molar-refractivity contribution in [3.8, 4) is 0 Å². The third-order valence-electron chi connectivity index (χ3n) is 4.81. The molecule has 0 spiro atoms. The number of benzene rings is 2. The van der Waals surface area contributed by atoms with Crippen LogP contribution in [0.5, 0.6) is 0 Å². The van der Waals surface area contributed by atoms with Crippen molar-refractivity contribution >= 4 is 29.4 Å². The summed E-state index contributed by atoms with van der Waals surface area (Å²) in [6.07, 6.45) is 1.79. The highest BCUT2D eigenvalue weighted by Crippen LogP contribution is 2.29. The van der Waals surface area contributed by atoms with Gasteiger partial charge in [-0.1, -0.05) is 13.3 Å². The van der Waals surface area contributed by atoms with E-state index in [1.54, 1.807) is 7.05 Å². The lowest BCUT2D eigenvalue weighted by Crippen LogP contribution is -2.32. The third kappa shape index (κ3) is 4.22. The number of fused-ring (bicyclic) bond motifs is 1. The number of halogens is 1. The second kappa shape index (κ2) is 8.86. The average molecular weight is 412 g/mol. The molecule has 0 aromatic heterocycles. The summed E-state index contributed by atoms with van der Waals surface area (Å²) in [6.45, 7) is 2.17. The molecule has 0 radical (unpaired) electrons. The number of hydrogen-bond acceptors (Lipinski definition) is 5. The maximum atomic E-state index is 13.1. The molecule has 0 saturated carbocycles. The van der Waals surface area contributed by atoms with E-state index >= 15 is 0 Å². The van der Waals surface area contributed by atoms with E-state index in [0.717, 1.165) is 29.9 Å². The number of esters is 1. The summed E-state index contributed by atoms with van der Waals surface area (Å²) in [5, 5.41) is 0. The molecule has 2 aromatic carbocycles. The summed E-state index contributed by atoms with van der Waals surface area (Å²) in [7, 11) is 1.63. The Morgan fingerprint density at radius 3 is 2.37 bits per heavy atom. The Kier molecular flexibility index (Phi) is 6.25. The summed E-state index contributed by atoms with van der Waals surface area (Å²) >= 11 is 0. The highest BCUT2D eigenvalue weighted by molar-refractivity contribution is 6.34. The van der Waals surface area contributed by atoms with Crippen molar-refractivity contribution in [3.63, 3.8) is 0 Å². The van der Waals surface area contributed by atoms with E-state index in [2.05, 4.69) is 0 Å². The number of unbranched alkanes of at least 4 members (excludes halogenated alkanes) is 1. The smallest absolute Gasteiger partial charge is 0.338 e. The van der Waals surface area contributed by atoms with E-state index in [-0.39, 0.29) is 28.3 Å². The minimum atomic E-state index is -0.768. The predicted octanol–water partition coefficient (Wildman–Crippen LogP) is 3.04. The number of anilines is 1. The lowest BCUT2D eigenvalue weighted by Gasteiger charge is -2.16. The maximum absolute atomic E-state index is 13.1. The normalized spacial score (nSPS) is 12.7. The first kappa shape index (κ1) is 21.2. The monoisotopic (exact) mass is 412 g/mol. The van der Waals surface area contributed by atoms with Crippen LogP contribution in [0.15, 0.2) is 42.5 Å². The van der Waals surface area contributed by atoms with Crippen LogP contribution in [0.3, 0.4) is 0 Å². The molecule has 0 unspecified atom stereocenters. The minimum absolute atomic E-state index is 0.0464. The van der Waals surface area contributed by atoms with Crippen LogP contribution in [-0.4, -0.2) is 48.8 Å². The quantitative estimate of drug-likeness (QED) is 0.516. The number of imide groups is 1. The first-order valence-electron chi connectivity index (χ1n) is 9.53. The Bertz CT molecular complexity index is 1000. The number of hydrogen-bond donors (Lipinski definition) is 0. The van der Waals surface area contributed by atoms with Gasteiger partial charge in [0.05, 0.1) is 22.4 Å². The maximum Gasteiger partial charge on any atom is 0.338 e. The molecule has 0 fully saturated rings. The predicted molar refractivity (Wildman–Crippen MR) is 107 cm³/mol.